The van der Waals surface area contributed by atoms with Crippen molar-refractivity contribution in [3.05, 3.63) is 59.2 Å². The highest BCUT2D eigenvalue weighted by Gasteiger charge is 2.36. The highest BCUT2D eigenvalue weighted by Crippen LogP contribution is 2.34. The van der Waals surface area contributed by atoms with Gasteiger partial charge in [0, 0.05) is 30.5 Å². The van der Waals surface area contributed by atoms with Crippen LogP contribution in [0, 0.1) is 6.92 Å². The first-order chi connectivity index (χ1) is 18.2. The first-order valence-electron chi connectivity index (χ1n) is 12.9. The molecular weight excluding hydrogens is 522 g/mol. The molecule has 2 heterocycles. The fourth-order valence-corrected chi connectivity index (χ4v) is 6.33. The third-order valence-electron chi connectivity index (χ3n) is 7.13. The van der Waals surface area contributed by atoms with Gasteiger partial charge in [0.25, 0.3) is 0 Å². The Morgan fingerprint density at radius 2 is 1.71 bits per heavy atom. The Labute approximate surface area is 229 Å². The summed E-state index contributed by atoms with van der Waals surface area (Å²) in [6.07, 6.45) is 5.21. The topological polar surface area (TPSA) is 102 Å². The number of hydrogen-bond donors (Lipinski definition) is 3. The molecule has 11 heteroatoms. The minimum atomic E-state index is -3.41. The number of aromatic nitrogens is 2. The van der Waals surface area contributed by atoms with E-state index in [4.69, 9.17) is 11.6 Å². The van der Waals surface area contributed by atoms with E-state index in [2.05, 4.69) is 68.3 Å². The van der Waals surface area contributed by atoms with Crippen LogP contribution < -0.4 is 20.3 Å². The van der Waals surface area contributed by atoms with Gasteiger partial charge in [-0.05, 0) is 82.6 Å². The molecule has 2 fully saturated rings. The highest BCUT2D eigenvalue weighted by atomic mass is 35.5. The summed E-state index contributed by atoms with van der Waals surface area (Å²) in [6.45, 7) is 4.21. The van der Waals surface area contributed by atoms with Crippen LogP contribution in [-0.4, -0.2) is 61.8 Å². The standard InChI is InChI=1S/C27H34ClN7O2S/c1-18-16-19(8-11-25(18)35-14-12-20(13-15-35)34(2)3)30-27-29-17-22(28)26(32-27)31-23-6-4-5-7-24(23)33-38(36,37)21-9-10-21/h4-8,11,16-17,20-21,33H,9-10,12-15H2,1-3H3,(H2,29,30,31,32). The van der Waals surface area contributed by atoms with Crippen LogP contribution >= 0.6 is 11.6 Å². The van der Waals surface area contributed by atoms with Crippen molar-refractivity contribution < 1.29 is 8.42 Å². The number of hydrogen-bond acceptors (Lipinski definition) is 8. The molecule has 1 aliphatic heterocycles. The predicted octanol–water partition coefficient (Wildman–Crippen LogP) is 5.36. The molecule has 0 radical (unpaired) electrons. The Morgan fingerprint density at radius 1 is 1.00 bits per heavy atom. The molecule has 0 atom stereocenters. The van der Waals surface area contributed by atoms with E-state index < -0.39 is 10.0 Å². The monoisotopic (exact) mass is 555 g/mol. The molecule has 0 amide bonds. The molecule has 3 N–H and O–H groups in total. The number of rotatable bonds is 9. The first kappa shape index (κ1) is 26.5. The van der Waals surface area contributed by atoms with Gasteiger partial charge in [-0.2, -0.15) is 4.98 Å². The number of aryl methyl sites for hydroxylation is 1. The number of benzene rings is 2. The van der Waals surface area contributed by atoms with Crippen molar-refractivity contribution in [3.63, 3.8) is 0 Å². The van der Waals surface area contributed by atoms with Crippen molar-refractivity contribution in [2.24, 2.45) is 0 Å². The van der Waals surface area contributed by atoms with E-state index in [9.17, 15) is 8.42 Å². The number of halogens is 1. The van der Waals surface area contributed by atoms with Gasteiger partial charge in [0.15, 0.2) is 5.82 Å². The SMILES string of the molecule is Cc1cc(Nc2ncc(Cl)c(Nc3ccccc3NS(=O)(=O)C3CC3)n2)ccc1N1CCC(N(C)C)CC1. The predicted molar refractivity (Wildman–Crippen MR) is 156 cm³/mol. The zero-order valence-corrected chi connectivity index (χ0v) is 23.5. The van der Waals surface area contributed by atoms with Crippen LogP contribution in [0.25, 0.3) is 0 Å². The smallest absolute Gasteiger partial charge is 0.235 e. The van der Waals surface area contributed by atoms with Gasteiger partial charge in [-0.3, -0.25) is 4.72 Å². The summed E-state index contributed by atoms with van der Waals surface area (Å²) in [5.74, 6) is 0.756. The Kier molecular flexibility index (Phi) is 7.65. The van der Waals surface area contributed by atoms with Crippen molar-refractivity contribution in [3.8, 4) is 0 Å². The number of sulfonamides is 1. The Hall–Kier alpha value is -3.08. The van der Waals surface area contributed by atoms with Crippen LogP contribution in [0.4, 0.5) is 34.5 Å². The average Bonchev–Trinajstić information content (AvgIpc) is 3.74. The minimum absolute atomic E-state index is 0.322. The summed E-state index contributed by atoms with van der Waals surface area (Å²) in [5.41, 5.74) is 4.31. The normalized spacial score (nSPS) is 16.5. The lowest BCUT2D eigenvalue weighted by molar-refractivity contribution is 0.249. The third-order valence-corrected chi connectivity index (χ3v) is 9.26. The molecule has 0 bridgehead atoms. The molecule has 1 saturated heterocycles. The Balaban J connectivity index is 1.29. The lowest BCUT2D eigenvalue weighted by atomic mass is 10.0. The van der Waals surface area contributed by atoms with Gasteiger partial charge in [0.1, 0.15) is 5.02 Å². The van der Waals surface area contributed by atoms with E-state index in [1.165, 1.54) is 17.4 Å². The van der Waals surface area contributed by atoms with E-state index in [1.807, 2.05) is 12.1 Å². The van der Waals surface area contributed by atoms with Crippen LogP contribution in [-0.2, 0) is 10.0 Å². The molecule has 1 saturated carbocycles. The number of piperidine rings is 1. The fraction of sp³-hybridized carbons (Fsp3) is 0.407. The molecule has 0 spiro atoms. The number of nitrogens with zero attached hydrogens (tertiary/aromatic N) is 4. The van der Waals surface area contributed by atoms with E-state index in [0.717, 1.165) is 31.6 Å². The summed E-state index contributed by atoms with van der Waals surface area (Å²) in [4.78, 5) is 13.7. The van der Waals surface area contributed by atoms with Gasteiger partial charge >= 0.3 is 0 Å². The quantitative estimate of drug-likeness (QED) is 0.324. The average molecular weight is 556 g/mol. The third kappa shape index (κ3) is 6.14. The van der Waals surface area contributed by atoms with Gasteiger partial charge in [-0.15, -0.1) is 0 Å². The zero-order valence-electron chi connectivity index (χ0n) is 21.9. The number of nitrogens with one attached hydrogen (secondary N) is 3. The van der Waals surface area contributed by atoms with Crippen molar-refractivity contribution in [1.82, 2.24) is 14.9 Å². The van der Waals surface area contributed by atoms with Crippen molar-refractivity contribution in [2.45, 2.75) is 43.9 Å². The van der Waals surface area contributed by atoms with E-state index in [1.54, 1.807) is 18.2 Å². The van der Waals surface area contributed by atoms with E-state index in [0.29, 0.717) is 47.0 Å². The highest BCUT2D eigenvalue weighted by molar-refractivity contribution is 7.93. The second-order valence-corrected chi connectivity index (χ2v) is 12.6. The van der Waals surface area contributed by atoms with Gasteiger partial charge in [0.2, 0.25) is 16.0 Å². The summed E-state index contributed by atoms with van der Waals surface area (Å²) >= 11 is 6.39. The van der Waals surface area contributed by atoms with Gasteiger partial charge < -0.3 is 20.4 Å². The fourth-order valence-electron chi connectivity index (χ4n) is 4.78. The maximum absolute atomic E-state index is 12.5. The van der Waals surface area contributed by atoms with Crippen LogP contribution in [0.2, 0.25) is 5.02 Å². The minimum Gasteiger partial charge on any atom is -0.371 e. The Morgan fingerprint density at radius 3 is 2.37 bits per heavy atom. The number of anilines is 6. The molecule has 5 rings (SSSR count). The summed E-state index contributed by atoms with van der Waals surface area (Å²) in [5, 5.41) is 6.43. The lowest BCUT2D eigenvalue weighted by Crippen LogP contribution is -2.42. The summed E-state index contributed by atoms with van der Waals surface area (Å²) in [7, 11) is 0.897. The molecule has 38 heavy (non-hydrogen) atoms. The van der Waals surface area contributed by atoms with E-state index >= 15 is 0 Å². The van der Waals surface area contributed by atoms with Crippen LogP contribution in [0.15, 0.2) is 48.7 Å². The molecule has 2 aromatic carbocycles. The maximum Gasteiger partial charge on any atom is 0.235 e. The van der Waals surface area contributed by atoms with Gasteiger partial charge in [0.05, 0.1) is 22.8 Å². The summed E-state index contributed by atoms with van der Waals surface area (Å²) in [6, 6.07) is 14.0. The van der Waals surface area contributed by atoms with E-state index in [-0.39, 0.29) is 5.25 Å². The maximum atomic E-state index is 12.5. The molecule has 202 valence electrons. The van der Waals surface area contributed by atoms with Gasteiger partial charge in [-0.25, -0.2) is 13.4 Å². The molecule has 0 unspecified atom stereocenters. The molecule has 3 aromatic rings. The zero-order chi connectivity index (χ0) is 26.9. The molecular formula is C27H34ClN7O2S. The largest absolute Gasteiger partial charge is 0.371 e. The molecule has 2 aliphatic rings. The molecule has 9 nitrogen and oxygen atoms in total. The second kappa shape index (κ2) is 11.0. The van der Waals surface area contributed by atoms with Gasteiger partial charge in [-0.1, -0.05) is 23.7 Å². The van der Waals surface area contributed by atoms with Crippen molar-refractivity contribution in [2.75, 3.05) is 47.4 Å². The Bertz CT molecular complexity index is 1400. The second-order valence-electron chi connectivity index (χ2n) is 10.2. The van der Waals surface area contributed by atoms with Crippen molar-refractivity contribution >= 4 is 56.1 Å². The van der Waals surface area contributed by atoms with Crippen LogP contribution in [0.3, 0.4) is 0 Å². The molecule has 1 aliphatic carbocycles. The van der Waals surface area contributed by atoms with Crippen LogP contribution in [0.1, 0.15) is 31.2 Å². The van der Waals surface area contributed by atoms with Crippen LogP contribution in [0.5, 0.6) is 0 Å². The molecule has 1 aromatic heterocycles. The van der Waals surface area contributed by atoms with Crippen molar-refractivity contribution in [1.29, 1.82) is 0 Å². The number of para-hydroxylation sites is 2. The lowest BCUT2D eigenvalue weighted by Gasteiger charge is -2.37. The summed E-state index contributed by atoms with van der Waals surface area (Å²) < 4.78 is 27.6. The first-order valence-corrected chi connectivity index (χ1v) is 14.8.